The van der Waals surface area contributed by atoms with Crippen LogP contribution in [0.5, 0.6) is 0 Å². The monoisotopic (exact) mass is 250 g/mol. The lowest BCUT2D eigenvalue weighted by Crippen LogP contribution is -2.14. The first-order valence-corrected chi connectivity index (χ1v) is 6.09. The number of benzene rings is 1. The molecule has 0 fully saturated rings. The summed E-state index contributed by atoms with van der Waals surface area (Å²) in [6, 6.07) is 5.12. The van der Waals surface area contributed by atoms with Gasteiger partial charge in [0.05, 0.1) is 4.90 Å². The molecule has 4 nitrogen and oxygen atoms in total. The summed E-state index contributed by atoms with van der Waals surface area (Å²) in [6.45, 7) is 0.956. The Morgan fingerprint density at radius 1 is 1.25 bits per heavy atom. The number of hydrogen-bond donors (Lipinski definition) is 2. The Morgan fingerprint density at radius 3 is 2.25 bits per heavy atom. The molecule has 1 aromatic rings. The molecule has 90 valence electrons. The van der Waals surface area contributed by atoms with Gasteiger partial charge >= 0.3 is 5.76 Å². The predicted molar refractivity (Wildman–Crippen MR) is 57.2 cm³/mol. The van der Waals surface area contributed by atoms with Crippen molar-refractivity contribution in [1.82, 2.24) is 0 Å². The van der Waals surface area contributed by atoms with Crippen LogP contribution < -0.4 is 11.1 Å². The van der Waals surface area contributed by atoms with Crippen LogP contribution in [0, 0.1) is 0 Å². The second-order valence-electron chi connectivity index (χ2n) is 3.05. The molecule has 0 aliphatic carbocycles. The Balaban J connectivity index is 2.87. The summed E-state index contributed by atoms with van der Waals surface area (Å²) in [4.78, 5) is -0.388. The minimum atomic E-state index is -4.50. The van der Waals surface area contributed by atoms with Gasteiger partial charge in [-0.3, -0.25) is 0 Å². The van der Waals surface area contributed by atoms with E-state index in [0.29, 0.717) is 18.8 Å². The number of halogens is 2. The summed E-state index contributed by atoms with van der Waals surface area (Å²) in [5.41, 5.74) is 5.90. The molecule has 0 saturated carbocycles. The molecule has 0 saturated heterocycles. The molecule has 1 rings (SSSR count). The first-order valence-electron chi connectivity index (χ1n) is 4.54. The highest BCUT2D eigenvalue weighted by molar-refractivity contribution is 7.91. The Kier molecular flexibility index (Phi) is 4.19. The molecular formula is C9H12F2N2O2S. The van der Waals surface area contributed by atoms with Gasteiger partial charge in [0.2, 0.25) is 9.84 Å². The Bertz CT molecular complexity index is 431. The third kappa shape index (κ3) is 2.89. The van der Waals surface area contributed by atoms with E-state index in [0.717, 1.165) is 12.1 Å². The number of alkyl halides is 2. The van der Waals surface area contributed by atoms with E-state index in [2.05, 4.69) is 5.32 Å². The summed E-state index contributed by atoms with van der Waals surface area (Å²) in [5.74, 6) is -3.39. The van der Waals surface area contributed by atoms with Gasteiger partial charge in [0, 0.05) is 18.8 Å². The predicted octanol–water partition coefficient (Wildman–Crippen LogP) is 1.05. The first-order chi connectivity index (χ1) is 7.48. The molecule has 7 heteroatoms. The number of hydrogen-bond acceptors (Lipinski definition) is 4. The fourth-order valence-electron chi connectivity index (χ4n) is 1.08. The summed E-state index contributed by atoms with van der Waals surface area (Å²) in [6.07, 6.45) is 0. The van der Waals surface area contributed by atoms with Crippen molar-refractivity contribution in [2.24, 2.45) is 5.73 Å². The summed E-state index contributed by atoms with van der Waals surface area (Å²) < 4.78 is 46.5. The molecule has 0 aromatic heterocycles. The van der Waals surface area contributed by atoms with E-state index in [-0.39, 0.29) is 4.90 Å². The SMILES string of the molecule is NCCNc1ccc(S(=O)(=O)C(F)F)cc1. The zero-order valence-electron chi connectivity index (χ0n) is 8.36. The van der Waals surface area contributed by atoms with E-state index in [1.807, 2.05) is 0 Å². The molecule has 0 spiro atoms. The van der Waals surface area contributed by atoms with Crippen molar-refractivity contribution in [3.8, 4) is 0 Å². The van der Waals surface area contributed by atoms with Gasteiger partial charge in [-0.1, -0.05) is 0 Å². The van der Waals surface area contributed by atoms with Crippen molar-refractivity contribution >= 4 is 15.5 Å². The van der Waals surface area contributed by atoms with E-state index in [9.17, 15) is 17.2 Å². The minimum Gasteiger partial charge on any atom is -0.384 e. The quantitative estimate of drug-likeness (QED) is 0.819. The molecule has 3 N–H and O–H groups in total. The van der Waals surface area contributed by atoms with Crippen LogP contribution in [0.2, 0.25) is 0 Å². The third-order valence-electron chi connectivity index (χ3n) is 1.89. The topological polar surface area (TPSA) is 72.2 Å². The highest BCUT2D eigenvalue weighted by Crippen LogP contribution is 2.19. The van der Waals surface area contributed by atoms with Gasteiger partial charge < -0.3 is 11.1 Å². The average molecular weight is 250 g/mol. The van der Waals surface area contributed by atoms with Gasteiger partial charge in [-0.15, -0.1) is 0 Å². The zero-order valence-corrected chi connectivity index (χ0v) is 9.18. The van der Waals surface area contributed by atoms with Gasteiger partial charge in [-0.05, 0) is 24.3 Å². The van der Waals surface area contributed by atoms with Crippen LogP contribution in [0.3, 0.4) is 0 Å². The van der Waals surface area contributed by atoms with Crippen LogP contribution in [0.15, 0.2) is 29.2 Å². The maximum Gasteiger partial charge on any atom is 0.341 e. The Morgan fingerprint density at radius 2 is 1.81 bits per heavy atom. The fraction of sp³-hybridized carbons (Fsp3) is 0.333. The number of rotatable bonds is 5. The van der Waals surface area contributed by atoms with E-state index in [1.54, 1.807) is 0 Å². The van der Waals surface area contributed by atoms with Crippen molar-refractivity contribution in [2.45, 2.75) is 10.7 Å². The molecule has 0 radical (unpaired) electrons. The van der Waals surface area contributed by atoms with E-state index >= 15 is 0 Å². The standard InChI is InChI=1S/C9H12F2N2O2S/c10-9(11)16(14,15)8-3-1-7(2-4-8)13-6-5-12/h1-4,9,13H,5-6,12H2. The molecule has 0 aliphatic rings. The van der Waals surface area contributed by atoms with Crippen molar-refractivity contribution in [1.29, 1.82) is 0 Å². The molecule has 0 bridgehead atoms. The number of anilines is 1. The highest BCUT2D eigenvalue weighted by atomic mass is 32.2. The average Bonchev–Trinajstić information content (AvgIpc) is 2.26. The molecule has 0 aliphatic heterocycles. The van der Waals surface area contributed by atoms with Crippen LogP contribution in [0.1, 0.15) is 0 Å². The van der Waals surface area contributed by atoms with Crippen LogP contribution in [-0.2, 0) is 9.84 Å². The number of sulfone groups is 1. The molecular weight excluding hydrogens is 238 g/mol. The lowest BCUT2D eigenvalue weighted by atomic mass is 10.3. The first kappa shape index (κ1) is 12.9. The van der Waals surface area contributed by atoms with Gasteiger partial charge in [-0.25, -0.2) is 8.42 Å². The lowest BCUT2D eigenvalue weighted by Gasteiger charge is -2.06. The van der Waals surface area contributed by atoms with Crippen LogP contribution in [0.4, 0.5) is 14.5 Å². The van der Waals surface area contributed by atoms with Crippen LogP contribution in [-0.4, -0.2) is 27.3 Å². The smallest absolute Gasteiger partial charge is 0.341 e. The largest absolute Gasteiger partial charge is 0.384 e. The lowest BCUT2D eigenvalue weighted by molar-refractivity contribution is 0.234. The normalized spacial score (nSPS) is 11.8. The van der Waals surface area contributed by atoms with Crippen molar-refractivity contribution in [3.63, 3.8) is 0 Å². The van der Waals surface area contributed by atoms with E-state index < -0.39 is 15.6 Å². The number of nitrogens with two attached hydrogens (primary N) is 1. The maximum atomic E-state index is 12.2. The molecule has 16 heavy (non-hydrogen) atoms. The molecule has 0 atom stereocenters. The van der Waals surface area contributed by atoms with E-state index in [4.69, 9.17) is 5.73 Å². The van der Waals surface area contributed by atoms with Gasteiger partial charge in [0.25, 0.3) is 0 Å². The second-order valence-corrected chi connectivity index (χ2v) is 4.96. The fourth-order valence-corrected chi connectivity index (χ4v) is 1.80. The molecule has 0 unspecified atom stereocenters. The highest BCUT2D eigenvalue weighted by Gasteiger charge is 2.26. The third-order valence-corrected chi connectivity index (χ3v) is 3.29. The summed E-state index contributed by atoms with van der Waals surface area (Å²) >= 11 is 0. The van der Waals surface area contributed by atoms with Gasteiger partial charge in [0.1, 0.15) is 0 Å². The maximum absolute atomic E-state index is 12.2. The van der Waals surface area contributed by atoms with Crippen molar-refractivity contribution in [2.75, 3.05) is 18.4 Å². The van der Waals surface area contributed by atoms with Crippen LogP contribution >= 0.6 is 0 Å². The summed E-state index contributed by atoms with van der Waals surface area (Å²) in [5, 5.41) is 2.89. The minimum absolute atomic E-state index is 0.388. The zero-order chi connectivity index (χ0) is 12.2. The summed E-state index contributed by atoms with van der Waals surface area (Å²) in [7, 11) is -4.50. The second kappa shape index (κ2) is 5.22. The molecule has 0 amide bonds. The number of nitrogens with one attached hydrogen (secondary N) is 1. The van der Waals surface area contributed by atoms with Gasteiger partial charge in [-0.2, -0.15) is 8.78 Å². The van der Waals surface area contributed by atoms with Crippen LogP contribution in [0.25, 0.3) is 0 Å². The Hall–Kier alpha value is -1.21. The van der Waals surface area contributed by atoms with Crippen molar-refractivity contribution in [3.05, 3.63) is 24.3 Å². The van der Waals surface area contributed by atoms with E-state index in [1.165, 1.54) is 12.1 Å². The molecule has 0 heterocycles. The van der Waals surface area contributed by atoms with Gasteiger partial charge in [0.15, 0.2) is 0 Å². The Labute approximate surface area is 92.4 Å². The molecule has 1 aromatic carbocycles. The van der Waals surface area contributed by atoms with Crippen molar-refractivity contribution < 1.29 is 17.2 Å².